The number of ether oxygens (including phenoxy) is 1. The highest BCUT2D eigenvalue weighted by molar-refractivity contribution is 9.10. The molecule has 6 rings (SSSR count). The van der Waals surface area contributed by atoms with E-state index >= 15 is 0 Å². The van der Waals surface area contributed by atoms with Crippen LogP contribution in [0.25, 0.3) is 22.2 Å². The second kappa shape index (κ2) is 11.5. The second-order valence-corrected chi connectivity index (χ2v) is 12.2. The minimum Gasteiger partial charge on any atom is -0.451 e. The van der Waals surface area contributed by atoms with Gasteiger partial charge < -0.3 is 4.74 Å². The summed E-state index contributed by atoms with van der Waals surface area (Å²) >= 11 is 9.45. The molecular weight excluding hydrogens is 632 g/mol. The Kier molecular flexibility index (Phi) is 7.75. The highest BCUT2D eigenvalue weighted by atomic mass is 79.9. The molecule has 3 aromatic carbocycles. The number of aromatic nitrogens is 1. The van der Waals surface area contributed by atoms with Crippen molar-refractivity contribution in [3.8, 4) is 11.3 Å². The summed E-state index contributed by atoms with van der Waals surface area (Å²) < 4.78 is 6.44. The number of anilines is 1. The first-order valence-corrected chi connectivity index (χ1v) is 15.0. The number of Topliss-reactive ketones (excluding diaryl/α,β-unsaturated/α-hetero) is 1. The van der Waals surface area contributed by atoms with Crippen LogP contribution in [0.1, 0.15) is 46.0 Å². The topological polar surface area (TPSA) is 93.6 Å². The zero-order valence-electron chi connectivity index (χ0n) is 23.3. The van der Waals surface area contributed by atoms with Crippen LogP contribution in [0, 0.1) is 18.8 Å². The molecule has 1 aliphatic carbocycles. The molecule has 0 bridgehead atoms. The number of carbonyl (C=O) groups is 4. The third-order valence-electron chi connectivity index (χ3n) is 8.00. The Balaban J connectivity index is 1.33. The van der Waals surface area contributed by atoms with E-state index in [0.717, 1.165) is 10.0 Å². The van der Waals surface area contributed by atoms with Gasteiger partial charge in [0.1, 0.15) is 0 Å². The largest absolute Gasteiger partial charge is 0.451 e. The highest BCUT2D eigenvalue weighted by Gasteiger charge is 2.47. The van der Waals surface area contributed by atoms with Crippen LogP contribution in [0.4, 0.5) is 5.69 Å². The average molecular weight is 658 g/mol. The van der Waals surface area contributed by atoms with E-state index in [4.69, 9.17) is 21.3 Å². The number of allylic oxidation sites excluding steroid dienone is 2. The maximum absolute atomic E-state index is 13.6. The van der Waals surface area contributed by atoms with E-state index in [2.05, 4.69) is 15.9 Å². The lowest BCUT2D eigenvalue weighted by atomic mass is 9.85. The molecular formula is C34H26BrClN2O5. The summed E-state index contributed by atoms with van der Waals surface area (Å²) in [6.07, 6.45) is 4.03. The second-order valence-electron chi connectivity index (χ2n) is 10.8. The monoisotopic (exact) mass is 656 g/mol. The van der Waals surface area contributed by atoms with E-state index < -0.39 is 12.1 Å². The number of pyridine rings is 1. The van der Waals surface area contributed by atoms with Crippen molar-refractivity contribution < 1.29 is 23.9 Å². The van der Waals surface area contributed by atoms with Gasteiger partial charge in [-0.1, -0.05) is 51.8 Å². The predicted molar refractivity (Wildman–Crippen MR) is 168 cm³/mol. The molecule has 1 aliphatic heterocycles. The van der Waals surface area contributed by atoms with Crippen molar-refractivity contribution in [3.05, 3.63) is 105 Å². The quantitative estimate of drug-likeness (QED) is 0.0922. The van der Waals surface area contributed by atoms with E-state index in [9.17, 15) is 19.2 Å². The molecule has 1 aromatic heterocycles. The molecule has 43 heavy (non-hydrogen) atoms. The Labute approximate surface area is 261 Å². The first-order chi connectivity index (χ1) is 20.6. The summed E-state index contributed by atoms with van der Waals surface area (Å²) in [6, 6.07) is 18.7. The number of hydrogen-bond donors (Lipinski definition) is 0. The molecule has 216 valence electrons. The van der Waals surface area contributed by atoms with Gasteiger partial charge in [-0.3, -0.25) is 19.3 Å². The molecule has 2 heterocycles. The first kappa shape index (κ1) is 29.0. The van der Waals surface area contributed by atoms with Gasteiger partial charge >= 0.3 is 5.97 Å². The number of esters is 1. The van der Waals surface area contributed by atoms with Gasteiger partial charge in [-0.2, -0.15) is 0 Å². The van der Waals surface area contributed by atoms with Gasteiger partial charge in [0.25, 0.3) is 0 Å². The molecule has 4 aromatic rings. The number of imide groups is 1. The number of hydrogen-bond acceptors (Lipinski definition) is 6. The van der Waals surface area contributed by atoms with Crippen molar-refractivity contribution in [3.63, 3.8) is 0 Å². The van der Waals surface area contributed by atoms with Crippen molar-refractivity contribution >= 4 is 67.7 Å². The third-order valence-corrected chi connectivity index (χ3v) is 8.71. The lowest BCUT2D eigenvalue weighted by Gasteiger charge is -2.17. The van der Waals surface area contributed by atoms with Gasteiger partial charge in [-0.25, -0.2) is 9.78 Å². The maximum atomic E-state index is 13.6. The number of nitrogens with zero attached hydrogens (tertiary/aromatic N) is 2. The Morgan fingerprint density at radius 1 is 0.953 bits per heavy atom. The fourth-order valence-electron chi connectivity index (χ4n) is 5.74. The number of rotatable bonds is 6. The molecule has 3 atom stereocenters. The van der Waals surface area contributed by atoms with Crippen molar-refractivity contribution in [1.82, 2.24) is 4.98 Å². The van der Waals surface area contributed by atoms with Gasteiger partial charge in [0.05, 0.1) is 34.3 Å². The molecule has 0 saturated carbocycles. The zero-order valence-corrected chi connectivity index (χ0v) is 25.7. The standard InChI is InChI=1S/C34H26BrClN2O5/c1-18-15-22(35)16-27-28(34(42)43-19(2)31(39)21-7-11-23(36)12-8-21)17-29(37-30(18)27)20-9-13-24(14-10-20)38-32(40)25-5-3-4-6-26(25)33(38)41/h3-4,7-17,19,25-26H,5-6H2,1-2H3. The van der Waals surface area contributed by atoms with Crippen LogP contribution in [0.3, 0.4) is 0 Å². The van der Waals surface area contributed by atoms with Crippen molar-refractivity contribution in [2.24, 2.45) is 11.8 Å². The van der Waals surface area contributed by atoms with Crippen LogP contribution >= 0.6 is 27.5 Å². The summed E-state index contributed by atoms with van der Waals surface area (Å²) in [5, 5.41) is 1.08. The predicted octanol–water partition coefficient (Wildman–Crippen LogP) is 7.51. The number of halogens is 2. The summed E-state index contributed by atoms with van der Waals surface area (Å²) in [6.45, 7) is 3.43. The lowest BCUT2D eigenvalue weighted by molar-refractivity contribution is -0.122. The maximum Gasteiger partial charge on any atom is 0.339 e. The smallest absolute Gasteiger partial charge is 0.339 e. The van der Waals surface area contributed by atoms with Crippen molar-refractivity contribution in [2.75, 3.05) is 4.90 Å². The van der Waals surface area contributed by atoms with E-state index in [-0.39, 0.29) is 35.0 Å². The van der Waals surface area contributed by atoms with Crippen LogP contribution in [0.15, 0.2) is 83.4 Å². The van der Waals surface area contributed by atoms with Crippen LogP contribution in [-0.2, 0) is 14.3 Å². The molecule has 1 fully saturated rings. The highest BCUT2D eigenvalue weighted by Crippen LogP contribution is 2.38. The van der Waals surface area contributed by atoms with Gasteiger partial charge in [0.15, 0.2) is 6.10 Å². The number of ketones is 1. The van der Waals surface area contributed by atoms with Crippen molar-refractivity contribution in [1.29, 1.82) is 0 Å². The summed E-state index contributed by atoms with van der Waals surface area (Å²) in [7, 11) is 0. The first-order valence-electron chi connectivity index (χ1n) is 13.9. The van der Waals surface area contributed by atoms with Crippen LogP contribution in [-0.4, -0.2) is 34.7 Å². The molecule has 2 amide bonds. The summed E-state index contributed by atoms with van der Waals surface area (Å²) in [4.78, 5) is 58.8. The average Bonchev–Trinajstić information content (AvgIpc) is 3.26. The molecule has 9 heteroatoms. The van der Waals surface area contributed by atoms with Gasteiger partial charge in [-0.05, 0) is 86.8 Å². The SMILES string of the molecule is Cc1cc(Br)cc2c(C(=O)OC(C)C(=O)c3ccc(Cl)cc3)cc(-c3ccc(N4C(=O)C5CC=CCC5C4=O)cc3)nc12. The Hall–Kier alpha value is -4.14. The molecule has 0 radical (unpaired) electrons. The molecule has 7 nitrogen and oxygen atoms in total. The molecule has 2 aliphatic rings. The zero-order chi connectivity index (χ0) is 30.4. The number of benzene rings is 3. The van der Waals surface area contributed by atoms with Crippen LogP contribution < -0.4 is 4.90 Å². The summed E-state index contributed by atoms with van der Waals surface area (Å²) in [5.74, 6) is -2.00. The van der Waals surface area contributed by atoms with Gasteiger partial charge in [0, 0.05) is 26.0 Å². The minimum atomic E-state index is -1.04. The lowest BCUT2D eigenvalue weighted by Crippen LogP contribution is -2.30. The van der Waals surface area contributed by atoms with Crippen molar-refractivity contribution in [2.45, 2.75) is 32.8 Å². The normalized spacial score (nSPS) is 18.6. The van der Waals surface area contributed by atoms with Gasteiger partial charge in [-0.15, -0.1) is 0 Å². The number of carbonyl (C=O) groups excluding carboxylic acids is 4. The van der Waals surface area contributed by atoms with E-state index in [1.165, 1.54) is 11.8 Å². The van der Waals surface area contributed by atoms with Gasteiger partial charge in [0.2, 0.25) is 17.6 Å². The number of amides is 2. The van der Waals surface area contributed by atoms with Crippen LogP contribution in [0.5, 0.6) is 0 Å². The molecule has 0 N–H and O–H groups in total. The number of fused-ring (bicyclic) bond motifs is 2. The van der Waals surface area contributed by atoms with Crippen LogP contribution in [0.2, 0.25) is 5.02 Å². The molecule has 0 spiro atoms. The van der Waals surface area contributed by atoms with E-state index in [1.54, 1.807) is 60.7 Å². The fourth-order valence-corrected chi connectivity index (χ4v) is 6.43. The molecule has 3 unspecified atom stereocenters. The number of aryl methyl sites for hydroxylation is 1. The summed E-state index contributed by atoms with van der Waals surface area (Å²) in [5.41, 5.74) is 3.78. The van der Waals surface area contributed by atoms with E-state index in [1.807, 2.05) is 25.1 Å². The fraction of sp³-hybridized carbons (Fsp3) is 0.206. The minimum absolute atomic E-state index is 0.176. The Morgan fingerprint density at radius 2 is 1.58 bits per heavy atom. The Morgan fingerprint density at radius 3 is 2.21 bits per heavy atom. The van der Waals surface area contributed by atoms with E-state index in [0.29, 0.717) is 51.3 Å². The third kappa shape index (κ3) is 5.41. The Bertz CT molecular complexity index is 1810. The molecule has 1 saturated heterocycles.